The molecule has 98 valence electrons. The van der Waals surface area contributed by atoms with E-state index in [1.165, 1.54) is 12.8 Å². The molecule has 0 bridgehead atoms. The van der Waals surface area contributed by atoms with Gasteiger partial charge >= 0.3 is 0 Å². The highest BCUT2D eigenvalue weighted by Crippen LogP contribution is 2.27. The molecule has 1 heterocycles. The van der Waals surface area contributed by atoms with Crippen molar-refractivity contribution in [2.75, 3.05) is 0 Å². The molecule has 0 amide bonds. The molecule has 0 saturated heterocycles. The van der Waals surface area contributed by atoms with Crippen LogP contribution in [0.15, 0.2) is 34.9 Å². The van der Waals surface area contributed by atoms with E-state index in [1.54, 1.807) is 6.20 Å². The van der Waals surface area contributed by atoms with Crippen LogP contribution in [0.1, 0.15) is 18.5 Å². The summed E-state index contributed by atoms with van der Waals surface area (Å²) in [7, 11) is 0. The van der Waals surface area contributed by atoms with Gasteiger partial charge in [0, 0.05) is 28.8 Å². The zero-order valence-corrected chi connectivity index (χ0v) is 12.6. The van der Waals surface area contributed by atoms with E-state index < -0.39 is 0 Å². The molecule has 3 rings (SSSR count). The smallest absolute Gasteiger partial charge is 0.159 e. The summed E-state index contributed by atoms with van der Waals surface area (Å²) in [5.41, 5.74) is 1.98. The van der Waals surface area contributed by atoms with Gasteiger partial charge in [-0.2, -0.15) is 0 Å². The van der Waals surface area contributed by atoms with Crippen molar-refractivity contribution < 1.29 is 0 Å². The van der Waals surface area contributed by atoms with Gasteiger partial charge in [0.15, 0.2) is 5.82 Å². The highest BCUT2D eigenvalue weighted by atomic mass is 79.9. The molecule has 0 spiro atoms. The molecule has 3 nitrogen and oxygen atoms in total. The zero-order chi connectivity index (χ0) is 13.2. The molecule has 0 aliphatic heterocycles. The Morgan fingerprint density at radius 1 is 1.32 bits per heavy atom. The number of hydrogen-bond donors (Lipinski definition) is 1. The summed E-state index contributed by atoms with van der Waals surface area (Å²) in [5, 5.41) is 4.14. The molecule has 1 aliphatic carbocycles. The molecule has 0 atom stereocenters. The minimum absolute atomic E-state index is 0.683. The van der Waals surface area contributed by atoms with Crippen molar-refractivity contribution in [3.05, 3.63) is 45.7 Å². The van der Waals surface area contributed by atoms with Crippen LogP contribution in [-0.2, 0) is 6.54 Å². The second-order valence-corrected chi connectivity index (χ2v) is 5.92. The van der Waals surface area contributed by atoms with Crippen LogP contribution in [0.25, 0.3) is 11.4 Å². The van der Waals surface area contributed by atoms with Crippen LogP contribution in [0.5, 0.6) is 0 Å². The van der Waals surface area contributed by atoms with E-state index in [2.05, 4.69) is 31.2 Å². The van der Waals surface area contributed by atoms with Gasteiger partial charge < -0.3 is 5.32 Å². The Kier molecular flexibility index (Phi) is 3.82. The summed E-state index contributed by atoms with van der Waals surface area (Å²) in [6, 6.07) is 8.35. The minimum Gasteiger partial charge on any atom is -0.308 e. The molecule has 1 fully saturated rings. The number of aromatic nitrogens is 2. The first-order valence-electron chi connectivity index (χ1n) is 6.23. The fourth-order valence-corrected chi connectivity index (χ4v) is 2.30. The molecule has 1 aromatic carbocycles. The Hall–Kier alpha value is -0.970. The Balaban J connectivity index is 1.82. The van der Waals surface area contributed by atoms with E-state index in [0.29, 0.717) is 11.1 Å². The third-order valence-corrected chi connectivity index (χ3v) is 4.25. The van der Waals surface area contributed by atoms with E-state index in [4.69, 9.17) is 11.6 Å². The van der Waals surface area contributed by atoms with Crippen molar-refractivity contribution in [3.63, 3.8) is 0 Å². The molecule has 2 aromatic rings. The third-order valence-electron chi connectivity index (χ3n) is 3.04. The predicted octanol–water partition coefficient (Wildman–Crippen LogP) is 3.81. The molecule has 0 unspecified atom stereocenters. The summed E-state index contributed by atoms with van der Waals surface area (Å²) in [6.07, 6.45) is 4.36. The average Bonchev–Trinajstić information content (AvgIpc) is 3.24. The van der Waals surface area contributed by atoms with Crippen LogP contribution in [0.4, 0.5) is 0 Å². The molecular formula is C14H13BrClN3. The minimum atomic E-state index is 0.683. The van der Waals surface area contributed by atoms with Crippen molar-refractivity contribution in [3.8, 4) is 11.4 Å². The normalized spacial score (nSPS) is 14.6. The van der Waals surface area contributed by atoms with Gasteiger partial charge in [-0.15, -0.1) is 0 Å². The lowest BCUT2D eigenvalue weighted by molar-refractivity contribution is 0.673. The van der Waals surface area contributed by atoms with Crippen LogP contribution in [0, 0.1) is 0 Å². The predicted molar refractivity (Wildman–Crippen MR) is 80.0 cm³/mol. The van der Waals surface area contributed by atoms with Crippen LogP contribution >= 0.6 is 27.5 Å². The third kappa shape index (κ3) is 3.32. The van der Waals surface area contributed by atoms with E-state index >= 15 is 0 Å². The lowest BCUT2D eigenvalue weighted by atomic mass is 10.2. The molecule has 0 radical (unpaired) electrons. The Morgan fingerprint density at radius 3 is 2.89 bits per heavy atom. The molecule has 1 N–H and O–H groups in total. The van der Waals surface area contributed by atoms with Crippen molar-refractivity contribution in [2.24, 2.45) is 0 Å². The fourth-order valence-electron chi connectivity index (χ4n) is 1.81. The number of benzene rings is 1. The number of nitrogens with zero attached hydrogens (tertiary/aromatic N) is 2. The van der Waals surface area contributed by atoms with Gasteiger partial charge in [0.05, 0.1) is 10.7 Å². The van der Waals surface area contributed by atoms with Gasteiger partial charge in [-0.05, 0) is 53.0 Å². The Morgan fingerprint density at radius 2 is 2.16 bits per heavy atom. The van der Waals surface area contributed by atoms with Gasteiger partial charge in [0.2, 0.25) is 0 Å². The van der Waals surface area contributed by atoms with E-state index in [9.17, 15) is 0 Å². The average molecular weight is 339 g/mol. The first-order chi connectivity index (χ1) is 9.22. The number of rotatable bonds is 4. The van der Waals surface area contributed by atoms with Gasteiger partial charge in [0.25, 0.3) is 0 Å². The Labute approximate surface area is 125 Å². The maximum Gasteiger partial charge on any atom is 0.159 e. The molecular weight excluding hydrogens is 326 g/mol. The second kappa shape index (κ2) is 5.57. The van der Waals surface area contributed by atoms with Crippen molar-refractivity contribution in [1.29, 1.82) is 0 Å². The van der Waals surface area contributed by atoms with Crippen LogP contribution in [0.2, 0.25) is 5.02 Å². The number of nitrogens with one attached hydrogen (secondary N) is 1. The molecule has 1 saturated carbocycles. The van der Waals surface area contributed by atoms with E-state index in [-0.39, 0.29) is 0 Å². The molecule has 1 aliphatic rings. The maximum absolute atomic E-state index is 5.99. The molecule has 5 heteroatoms. The van der Waals surface area contributed by atoms with Crippen molar-refractivity contribution >= 4 is 27.5 Å². The molecule has 19 heavy (non-hydrogen) atoms. The van der Waals surface area contributed by atoms with Gasteiger partial charge in [-0.3, -0.25) is 0 Å². The fraction of sp³-hybridized carbons (Fsp3) is 0.286. The standard InChI is InChI=1S/C14H13BrClN3/c15-12-7-9(1-4-13(12)16)14-17-6-5-11(19-14)8-18-10-2-3-10/h1,4-7,10,18H,2-3,8H2. The number of halogens is 2. The number of hydrogen-bond acceptors (Lipinski definition) is 3. The first kappa shape index (κ1) is 13.0. The second-order valence-electron chi connectivity index (χ2n) is 4.66. The SMILES string of the molecule is Clc1ccc(-c2nccc(CNC3CC3)n2)cc1Br. The van der Waals surface area contributed by atoms with Gasteiger partial charge in [-0.1, -0.05) is 11.6 Å². The van der Waals surface area contributed by atoms with Crippen LogP contribution in [-0.4, -0.2) is 16.0 Å². The summed E-state index contributed by atoms with van der Waals surface area (Å²) in [6.45, 7) is 0.801. The Bertz CT molecular complexity index is 599. The van der Waals surface area contributed by atoms with Gasteiger partial charge in [0.1, 0.15) is 0 Å². The highest BCUT2D eigenvalue weighted by Gasteiger charge is 2.20. The first-order valence-corrected chi connectivity index (χ1v) is 7.40. The van der Waals surface area contributed by atoms with E-state index in [1.807, 2.05) is 24.3 Å². The topological polar surface area (TPSA) is 37.8 Å². The van der Waals surface area contributed by atoms with E-state index in [0.717, 1.165) is 28.1 Å². The maximum atomic E-state index is 5.99. The lowest BCUT2D eigenvalue weighted by Crippen LogP contribution is -2.16. The monoisotopic (exact) mass is 337 g/mol. The highest BCUT2D eigenvalue weighted by molar-refractivity contribution is 9.10. The molecule has 1 aromatic heterocycles. The largest absolute Gasteiger partial charge is 0.308 e. The van der Waals surface area contributed by atoms with Gasteiger partial charge in [-0.25, -0.2) is 9.97 Å². The van der Waals surface area contributed by atoms with Crippen molar-refractivity contribution in [2.45, 2.75) is 25.4 Å². The summed E-state index contributed by atoms with van der Waals surface area (Å²) in [5.74, 6) is 0.729. The van der Waals surface area contributed by atoms with Crippen molar-refractivity contribution in [1.82, 2.24) is 15.3 Å². The lowest BCUT2D eigenvalue weighted by Gasteiger charge is -2.06. The quantitative estimate of drug-likeness (QED) is 0.921. The van der Waals surface area contributed by atoms with Crippen LogP contribution < -0.4 is 5.32 Å². The zero-order valence-electron chi connectivity index (χ0n) is 10.2. The summed E-state index contributed by atoms with van der Waals surface area (Å²) in [4.78, 5) is 8.90. The summed E-state index contributed by atoms with van der Waals surface area (Å²) >= 11 is 9.41. The summed E-state index contributed by atoms with van der Waals surface area (Å²) < 4.78 is 0.858. The van der Waals surface area contributed by atoms with Crippen LogP contribution in [0.3, 0.4) is 0 Å².